The summed E-state index contributed by atoms with van der Waals surface area (Å²) in [7, 11) is 0. The molecule has 0 aromatic carbocycles. The van der Waals surface area contributed by atoms with Crippen molar-refractivity contribution >= 4 is 22.9 Å². The third-order valence-electron chi connectivity index (χ3n) is 3.63. The Balaban J connectivity index is 2.52. The average molecular weight is 308 g/mol. The lowest BCUT2D eigenvalue weighted by Gasteiger charge is -2.26. The van der Waals surface area contributed by atoms with Crippen molar-refractivity contribution in [2.75, 3.05) is 0 Å². The fraction of sp³-hybridized carbons (Fsp3) is 0.588. The fourth-order valence-corrected chi connectivity index (χ4v) is 4.02. The summed E-state index contributed by atoms with van der Waals surface area (Å²) in [6, 6.07) is 0. The smallest absolute Gasteiger partial charge is 0.337 e. The summed E-state index contributed by atoms with van der Waals surface area (Å²) in [5.74, 6) is -0.911. The number of carboxylic acids is 1. The van der Waals surface area contributed by atoms with E-state index in [9.17, 15) is 9.90 Å². The molecule has 116 valence electrons. The van der Waals surface area contributed by atoms with Gasteiger partial charge in [-0.2, -0.15) is 0 Å². The van der Waals surface area contributed by atoms with Gasteiger partial charge < -0.3 is 9.84 Å². The van der Waals surface area contributed by atoms with Crippen LogP contribution in [0, 0.1) is 13.8 Å². The fourth-order valence-electron chi connectivity index (χ4n) is 2.90. The van der Waals surface area contributed by atoms with Crippen LogP contribution in [-0.2, 0) is 9.53 Å². The Morgan fingerprint density at radius 3 is 2.48 bits per heavy atom. The van der Waals surface area contributed by atoms with Gasteiger partial charge in [-0.25, -0.2) is 4.79 Å². The first-order valence-corrected chi connectivity index (χ1v) is 8.22. The quantitative estimate of drug-likeness (QED) is 0.863. The summed E-state index contributed by atoms with van der Waals surface area (Å²) in [6.45, 7) is 9.75. The van der Waals surface area contributed by atoms with Crippen molar-refractivity contribution in [3.05, 3.63) is 27.0 Å². The van der Waals surface area contributed by atoms with Gasteiger partial charge in [0.15, 0.2) is 6.10 Å². The molecule has 1 aromatic rings. The second-order valence-electron chi connectivity index (χ2n) is 6.57. The molecule has 0 fully saturated rings. The van der Waals surface area contributed by atoms with Crippen LogP contribution in [0.15, 0.2) is 6.08 Å². The number of carboxylic acid groups (broad SMARTS) is 1. The van der Waals surface area contributed by atoms with Gasteiger partial charge in [-0.1, -0.05) is 6.08 Å². The van der Waals surface area contributed by atoms with Crippen LogP contribution >= 0.6 is 11.3 Å². The Kier molecular flexibility index (Phi) is 4.59. The van der Waals surface area contributed by atoms with Gasteiger partial charge in [-0.15, -0.1) is 11.3 Å². The molecule has 4 heteroatoms. The largest absolute Gasteiger partial charge is 0.479 e. The molecular formula is C17H24O3S. The van der Waals surface area contributed by atoms with Crippen molar-refractivity contribution < 1.29 is 14.6 Å². The van der Waals surface area contributed by atoms with E-state index in [1.807, 2.05) is 27.7 Å². The van der Waals surface area contributed by atoms with Gasteiger partial charge in [0.2, 0.25) is 0 Å². The summed E-state index contributed by atoms with van der Waals surface area (Å²) in [5, 5.41) is 9.65. The molecule has 0 saturated carbocycles. The lowest BCUT2D eigenvalue weighted by molar-refractivity contribution is -0.160. The lowest BCUT2D eigenvalue weighted by atomic mass is 9.95. The topological polar surface area (TPSA) is 46.5 Å². The van der Waals surface area contributed by atoms with Crippen molar-refractivity contribution in [1.29, 1.82) is 0 Å². The SMILES string of the molecule is Cc1sc(C)c(C(OC(C)(C)C)C(=O)O)c1C1=CCCC1. The monoisotopic (exact) mass is 308 g/mol. The number of aliphatic carboxylic acids is 1. The third-order valence-corrected chi connectivity index (χ3v) is 4.66. The molecular weight excluding hydrogens is 284 g/mol. The van der Waals surface area contributed by atoms with Gasteiger partial charge in [0, 0.05) is 15.3 Å². The minimum atomic E-state index is -0.911. The number of thiophene rings is 1. The van der Waals surface area contributed by atoms with Crippen LogP contribution in [0.2, 0.25) is 0 Å². The first-order chi connectivity index (χ1) is 9.70. The maximum absolute atomic E-state index is 11.8. The van der Waals surface area contributed by atoms with Crippen molar-refractivity contribution in [2.24, 2.45) is 0 Å². The summed E-state index contributed by atoms with van der Waals surface area (Å²) in [4.78, 5) is 14.0. The van der Waals surface area contributed by atoms with Crippen molar-refractivity contribution in [2.45, 2.75) is 65.6 Å². The first kappa shape index (κ1) is 16.2. The maximum atomic E-state index is 11.8. The number of allylic oxidation sites excluding steroid dienone is 2. The zero-order valence-electron chi connectivity index (χ0n) is 13.4. The lowest BCUT2D eigenvalue weighted by Crippen LogP contribution is -2.28. The normalized spacial score (nSPS) is 16.9. The molecule has 1 aliphatic rings. The molecule has 0 amide bonds. The minimum absolute atomic E-state index is 0.493. The van der Waals surface area contributed by atoms with Gasteiger partial charge in [0.05, 0.1) is 5.60 Å². The van der Waals surface area contributed by atoms with E-state index in [2.05, 4.69) is 13.0 Å². The van der Waals surface area contributed by atoms with Gasteiger partial charge in [-0.05, 0) is 65.0 Å². The molecule has 0 saturated heterocycles. The van der Waals surface area contributed by atoms with Crippen LogP contribution in [-0.4, -0.2) is 16.7 Å². The zero-order valence-corrected chi connectivity index (χ0v) is 14.3. The zero-order chi connectivity index (χ0) is 15.8. The van der Waals surface area contributed by atoms with E-state index in [1.54, 1.807) is 11.3 Å². The third kappa shape index (κ3) is 3.55. The highest BCUT2D eigenvalue weighted by Crippen LogP contribution is 2.42. The Morgan fingerprint density at radius 1 is 1.33 bits per heavy atom. The molecule has 1 aromatic heterocycles. The summed E-state index contributed by atoms with van der Waals surface area (Å²) in [5.41, 5.74) is 2.77. The predicted molar refractivity (Wildman–Crippen MR) is 86.8 cm³/mol. The molecule has 0 aliphatic heterocycles. The number of hydrogen-bond acceptors (Lipinski definition) is 3. The van der Waals surface area contributed by atoms with Crippen molar-refractivity contribution in [3.63, 3.8) is 0 Å². The molecule has 0 radical (unpaired) electrons. The summed E-state index contributed by atoms with van der Waals surface area (Å²) < 4.78 is 5.86. The molecule has 0 spiro atoms. The van der Waals surface area contributed by atoms with Gasteiger partial charge in [0.25, 0.3) is 0 Å². The van der Waals surface area contributed by atoms with Crippen LogP contribution in [0.1, 0.15) is 67.0 Å². The highest BCUT2D eigenvalue weighted by atomic mass is 32.1. The Morgan fingerprint density at radius 2 is 2.00 bits per heavy atom. The average Bonchev–Trinajstić information content (AvgIpc) is 2.92. The molecule has 1 atom stereocenters. The molecule has 21 heavy (non-hydrogen) atoms. The summed E-state index contributed by atoms with van der Waals surface area (Å²) in [6.07, 6.45) is 4.62. The molecule has 1 heterocycles. The van der Waals surface area contributed by atoms with Crippen molar-refractivity contribution in [1.82, 2.24) is 0 Å². The van der Waals surface area contributed by atoms with E-state index >= 15 is 0 Å². The number of hydrogen-bond donors (Lipinski definition) is 1. The van der Waals surface area contributed by atoms with Gasteiger partial charge in [-0.3, -0.25) is 0 Å². The molecule has 0 bridgehead atoms. The predicted octanol–water partition coefficient (Wildman–Crippen LogP) is 4.87. The standard InChI is InChI=1S/C17H24O3S/c1-10-13(12-8-6-7-9-12)14(11(2)21-10)15(16(18)19)20-17(3,4)5/h8,15H,6-7,9H2,1-5H3,(H,18,19). The van der Waals surface area contributed by atoms with Crippen LogP contribution in [0.4, 0.5) is 0 Å². The van der Waals surface area contributed by atoms with Gasteiger partial charge >= 0.3 is 5.97 Å². The van der Waals surface area contributed by atoms with Crippen LogP contribution < -0.4 is 0 Å². The number of ether oxygens (including phenoxy) is 1. The molecule has 1 unspecified atom stereocenters. The van der Waals surface area contributed by atoms with E-state index in [-0.39, 0.29) is 0 Å². The second kappa shape index (κ2) is 5.93. The highest BCUT2D eigenvalue weighted by molar-refractivity contribution is 7.12. The number of carbonyl (C=O) groups is 1. The van der Waals surface area contributed by atoms with E-state index < -0.39 is 17.7 Å². The van der Waals surface area contributed by atoms with E-state index in [1.165, 1.54) is 10.5 Å². The Bertz CT molecular complexity index is 576. The van der Waals surface area contributed by atoms with E-state index in [4.69, 9.17) is 4.74 Å². The maximum Gasteiger partial charge on any atom is 0.337 e. The van der Waals surface area contributed by atoms with E-state index in [0.717, 1.165) is 35.3 Å². The Labute approximate surface area is 130 Å². The molecule has 3 nitrogen and oxygen atoms in total. The Hall–Kier alpha value is -1.13. The van der Waals surface area contributed by atoms with E-state index in [0.29, 0.717) is 0 Å². The number of aryl methyl sites for hydroxylation is 2. The van der Waals surface area contributed by atoms with Crippen LogP contribution in [0.5, 0.6) is 0 Å². The van der Waals surface area contributed by atoms with Gasteiger partial charge in [0.1, 0.15) is 0 Å². The first-order valence-electron chi connectivity index (χ1n) is 7.40. The molecule has 2 rings (SSSR count). The molecule has 1 N–H and O–H groups in total. The highest BCUT2D eigenvalue weighted by Gasteiger charge is 2.33. The number of rotatable bonds is 4. The van der Waals surface area contributed by atoms with Crippen LogP contribution in [0.3, 0.4) is 0 Å². The second-order valence-corrected chi connectivity index (χ2v) is 8.00. The molecule has 1 aliphatic carbocycles. The van der Waals surface area contributed by atoms with Crippen LogP contribution in [0.25, 0.3) is 5.57 Å². The summed E-state index contributed by atoms with van der Waals surface area (Å²) >= 11 is 1.67. The van der Waals surface area contributed by atoms with Crippen molar-refractivity contribution in [3.8, 4) is 0 Å². The minimum Gasteiger partial charge on any atom is -0.479 e.